The van der Waals surface area contributed by atoms with E-state index in [-0.39, 0.29) is 18.4 Å². The molecule has 0 radical (unpaired) electrons. The molecule has 0 fully saturated rings. The summed E-state index contributed by atoms with van der Waals surface area (Å²) in [6, 6.07) is 9.92. The number of aromatic nitrogens is 3. The van der Waals surface area contributed by atoms with E-state index in [2.05, 4.69) is 16.0 Å². The van der Waals surface area contributed by atoms with Crippen LogP contribution in [0.15, 0.2) is 36.7 Å². The van der Waals surface area contributed by atoms with Gasteiger partial charge in [0.2, 0.25) is 0 Å². The smallest absolute Gasteiger partial charge is 0.410 e. The van der Waals surface area contributed by atoms with Crippen LogP contribution in [0.5, 0.6) is 0 Å². The predicted molar refractivity (Wildman–Crippen MR) is 120 cm³/mol. The fraction of sp³-hybridized carbons (Fsp3) is 0.261. The Hall–Kier alpha value is -4.39. The topological polar surface area (TPSA) is 147 Å². The first-order valence-corrected chi connectivity index (χ1v) is 10.3. The number of nitriles is 1. The first kappa shape index (κ1) is 23.3. The number of anilines is 1. The third-order valence-electron chi connectivity index (χ3n) is 5.17. The molecule has 3 N–H and O–H groups in total. The van der Waals surface area contributed by atoms with Gasteiger partial charge >= 0.3 is 6.09 Å². The van der Waals surface area contributed by atoms with Crippen LogP contribution in [0.2, 0.25) is 0 Å². The fourth-order valence-corrected chi connectivity index (χ4v) is 3.78. The van der Waals surface area contributed by atoms with Gasteiger partial charge in [0, 0.05) is 36.5 Å². The van der Waals surface area contributed by atoms with Gasteiger partial charge in [-0.2, -0.15) is 5.26 Å². The Labute approximate surface area is 190 Å². The van der Waals surface area contributed by atoms with E-state index >= 15 is 0 Å². The van der Waals surface area contributed by atoms with E-state index in [1.54, 1.807) is 18.0 Å². The van der Waals surface area contributed by atoms with E-state index in [0.29, 0.717) is 37.2 Å². The van der Waals surface area contributed by atoms with E-state index in [1.165, 1.54) is 0 Å². The van der Waals surface area contributed by atoms with Crippen molar-refractivity contribution in [2.45, 2.75) is 26.8 Å². The van der Waals surface area contributed by atoms with Crippen molar-refractivity contribution in [2.24, 2.45) is 0 Å². The second kappa shape index (κ2) is 10.3. The standard InChI is InChI=1S/C22H22N6O2.CH2O2/c1-3-30-22(29)27-10-7-17-16(13-27)20(15(12-23)21(24)26-17)18-5-4-9-28(18)19-11-14(2)6-8-25-19;2-1-3/h4-6,8-9,11H,3,7,10,13H2,1-2H3,(H2,24,26);1H,(H,2,3). The van der Waals surface area contributed by atoms with Gasteiger partial charge < -0.3 is 25.0 Å². The molecule has 0 saturated heterocycles. The number of hydrogen-bond donors (Lipinski definition) is 2. The number of fused-ring (bicyclic) bond motifs is 1. The maximum Gasteiger partial charge on any atom is 0.410 e. The van der Waals surface area contributed by atoms with Crippen LogP contribution in [-0.4, -0.2) is 50.3 Å². The molecule has 1 aliphatic rings. The number of aryl methyl sites for hydroxylation is 1. The number of rotatable bonds is 3. The molecule has 10 heteroatoms. The van der Waals surface area contributed by atoms with Crippen LogP contribution in [0.3, 0.4) is 0 Å². The summed E-state index contributed by atoms with van der Waals surface area (Å²) in [6.07, 6.45) is 3.81. The fourth-order valence-electron chi connectivity index (χ4n) is 3.78. The number of amides is 1. The van der Waals surface area contributed by atoms with Crippen molar-refractivity contribution in [3.63, 3.8) is 0 Å². The highest BCUT2D eigenvalue weighted by molar-refractivity contribution is 5.79. The second-order valence-corrected chi connectivity index (χ2v) is 7.21. The molecule has 0 aliphatic carbocycles. The number of ether oxygens (including phenoxy) is 1. The van der Waals surface area contributed by atoms with Crippen LogP contribution in [-0.2, 0) is 22.5 Å². The molecule has 1 aliphatic heterocycles. The van der Waals surface area contributed by atoms with Gasteiger partial charge in [-0.15, -0.1) is 0 Å². The van der Waals surface area contributed by atoms with Crippen molar-refractivity contribution in [3.8, 4) is 23.1 Å². The number of nitrogens with two attached hydrogens (primary N) is 1. The van der Waals surface area contributed by atoms with Crippen molar-refractivity contribution in [1.82, 2.24) is 19.4 Å². The van der Waals surface area contributed by atoms with Crippen molar-refractivity contribution in [3.05, 3.63) is 59.0 Å². The largest absolute Gasteiger partial charge is 0.483 e. The molecule has 1 amide bonds. The van der Waals surface area contributed by atoms with Crippen molar-refractivity contribution < 1.29 is 19.4 Å². The first-order valence-electron chi connectivity index (χ1n) is 10.3. The van der Waals surface area contributed by atoms with Gasteiger partial charge in [-0.05, 0) is 43.7 Å². The van der Waals surface area contributed by atoms with Crippen LogP contribution < -0.4 is 5.73 Å². The molecule has 0 bridgehead atoms. The number of nitrogens with zero attached hydrogens (tertiary/aromatic N) is 5. The minimum absolute atomic E-state index is 0.195. The average Bonchev–Trinajstić information content (AvgIpc) is 3.28. The Balaban J connectivity index is 0.000000968. The minimum Gasteiger partial charge on any atom is -0.483 e. The summed E-state index contributed by atoms with van der Waals surface area (Å²) in [5, 5.41) is 16.8. The van der Waals surface area contributed by atoms with Gasteiger partial charge in [-0.1, -0.05) is 0 Å². The maximum atomic E-state index is 12.3. The van der Waals surface area contributed by atoms with Crippen molar-refractivity contribution in [1.29, 1.82) is 5.26 Å². The number of carbonyl (C=O) groups is 2. The molecule has 0 aromatic carbocycles. The van der Waals surface area contributed by atoms with Crippen LogP contribution in [0, 0.1) is 18.3 Å². The summed E-state index contributed by atoms with van der Waals surface area (Å²) in [7, 11) is 0. The van der Waals surface area contributed by atoms with Crippen LogP contribution in [0.1, 0.15) is 29.3 Å². The number of nitrogen functional groups attached to an aromatic ring is 1. The van der Waals surface area contributed by atoms with Gasteiger partial charge in [0.1, 0.15) is 23.3 Å². The summed E-state index contributed by atoms with van der Waals surface area (Å²) in [6.45, 7) is 4.62. The zero-order valence-electron chi connectivity index (χ0n) is 18.4. The normalized spacial score (nSPS) is 12.1. The summed E-state index contributed by atoms with van der Waals surface area (Å²) >= 11 is 0. The molecule has 33 heavy (non-hydrogen) atoms. The highest BCUT2D eigenvalue weighted by Gasteiger charge is 2.29. The van der Waals surface area contributed by atoms with Crippen LogP contribution >= 0.6 is 0 Å². The highest BCUT2D eigenvalue weighted by Crippen LogP contribution is 2.36. The van der Waals surface area contributed by atoms with E-state index in [1.807, 2.05) is 42.0 Å². The van der Waals surface area contributed by atoms with E-state index < -0.39 is 0 Å². The van der Waals surface area contributed by atoms with Gasteiger partial charge in [-0.25, -0.2) is 14.8 Å². The van der Waals surface area contributed by atoms with Crippen LogP contribution in [0.25, 0.3) is 17.1 Å². The first-order chi connectivity index (χ1) is 15.9. The molecule has 0 unspecified atom stereocenters. The Morgan fingerprint density at radius 1 is 1.42 bits per heavy atom. The lowest BCUT2D eigenvalue weighted by Crippen LogP contribution is -2.37. The van der Waals surface area contributed by atoms with Gasteiger partial charge in [0.05, 0.1) is 24.5 Å². The van der Waals surface area contributed by atoms with E-state index in [0.717, 1.165) is 28.3 Å². The van der Waals surface area contributed by atoms with Crippen molar-refractivity contribution in [2.75, 3.05) is 18.9 Å². The lowest BCUT2D eigenvalue weighted by molar-refractivity contribution is -0.122. The number of carbonyl (C=O) groups excluding carboxylic acids is 1. The molecule has 10 nitrogen and oxygen atoms in total. The molecular formula is C23H24N6O4. The summed E-state index contributed by atoms with van der Waals surface area (Å²) in [5.74, 6) is 0.932. The molecule has 4 rings (SSSR count). The Morgan fingerprint density at radius 3 is 2.85 bits per heavy atom. The predicted octanol–water partition coefficient (Wildman–Crippen LogP) is 2.91. The third-order valence-corrected chi connectivity index (χ3v) is 5.17. The Kier molecular flexibility index (Phi) is 7.25. The van der Waals surface area contributed by atoms with Gasteiger partial charge in [0.15, 0.2) is 0 Å². The summed E-state index contributed by atoms with van der Waals surface area (Å²) < 4.78 is 7.10. The third kappa shape index (κ3) is 4.77. The zero-order valence-corrected chi connectivity index (χ0v) is 18.4. The van der Waals surface area contributed by atoms with Gasteiger partial charge in [-0.3, -0.25) is 4.79 Å². The summed E-state index contributed by atoms with van der Waals surface area (Å²) in [5.41, 5.74) is 10.6. The molecule has 0 spiro atoms. The average molecular weight is 448 g/mol. The Morgan fingerprint density at radius 2 is 2.18 bits per heavy atom. The minimum atomic E-state index is -0.375. The van der Waals surface area contributed by atoms with E-state index in [4.69, 9.17) is 20.4 Å². The quantitative estimate of drug-likeness (QED) is 0.581. The van der Waals surface area contributed by atoms with Crippen molar-refractivity contribution >= 4 is 18.4 Å². The molecule has 0 atom stereocenters. The maximum absolute atomic E-state index is 12.3. The molecule has 3 aromatic rings. The Bertz CT molecular complexity index is 1210. The second-order valence-electron chi connectivity index (χ2n) is 7.21. The summed E-state index contributed by atoms with van der Waals surface area (Å²) in [4.78, 5) is 31.3. The molecule has 4 heterocycles. The molecule has 170 valence electrons. The SMILES string of the molecule is CCOC(=O)N1CCc2nc(N)c(C#N)c(-c3cccn3-c3cc(C)ccn3)c2C1.O=CO. The number of pyridine rings is 2. The van der Waals surface area contributed by atoms with E-state index in [9.17, 15) is 10.1 Å². The molecular weight excluding hydrogens is 424 g/mol. The lowest BCUT2D eigenvalue weighted by Gasteiger charge is -2.30. The van der Waals surface area contributed by atoms with Crippen LogP contribution in [0.4, 0.5) is 10.6 Å². The monoisotopic (exact) mass is 448 g/mol. The molecule has 3 aromatic heterocycles. The zero-order chi connectivity index (χ0) is 24.0. The number of hydrogen-bond acceptors (Lipinski definition) is 7. The molecule has 0 saturated carbocycles. The van der Waals surface area contributed by atoms with Gasteiger partial charge in [0.25, 0.3) is 6.47 Å². The highest BCUT2D eigenvalue weighted by atomic mass is 16.6. The lowest BCUT2D eigenvalue weighted by atomic mass is 9.94. The number of carboxylic acid groups (broad SMARTS) is 1.